The van der Waals surface area contributed by atoms with Crippen molar-refractivity contribution >= 4 is 17.9 Å². The highest BCUT2D eigenvalue weighted by Gasteiger charge is 2.13. The molecule has 0 amide bonds. The van der Waals surface area contributed by atoms with Crippen LogP contribution in [0.4, 0.5) is 0 Å². The summed E-state index contributed by atoms with van der Waals surface area (Å²) in [6.07, 6.45) is 1.16. The van der Waals surface area contributed by atoms with Crippen LogP contribution in [0.25, 0.3) is 0 Å². The van der Waals surface area contributed by atoms with E-state index in [9.17, 15) is 14.4 Å². The Hall–Kier alpha value is -3.23. The molecular formula is C12H9N3O6. The Kier molecular flexibility index (Phi) is 3.65. The van der Waals surface area contributed by atoms with Crippen LogP contribution in [0.3, 0.4) is 0 Å². The van der Waals surface area contributed by atoms with Gasteiger partial charge in [0.1, 0.15) is 6.33 Å². The fourth-order valence-electron chi connectivity index (χ4n) is 1.69. The second-order valence-electron chi connectivity index (χ2n) is 4.10. The van der Waals surface area contributed by atoms with Crippen LogP contribution >= 0.6 is 0 Å². The second-order valence-corrected chi connectivity index (χ2v) is 4.10. The van der Waals surface area contributed by atoms with Gasteiger partial charge in [-0.3, -0.25) is 0 Å². The number of carboxylic acid groups (broad SMARTS) is 3. The molecule has 0 aliphatic heterocycles. The number of benzene rings is 1. The molecule has 0 saturated carbocycles. The molecule has 0 spiro atoms. The Labute approximate surface area is 117 Å². The van der Waals surface area contributed by atoms with Crippen LogP contribution in [0.1, 0.15) is 36.9 Å². The predicted molar refractivity (Wildman–Crippen MR) is 66.4 cm³/mol. The lowest BCUT2D eigenvalue weighted by molar-refractivity contribution is 0.0674. The molecule has 0 fully saturated rings. The number of aromatic nitrogens is 3. The Morgan fingerprint density at radius 3 is 1.95 bits per heavy atom. The molecule has 0 aliphatic carbocycles. The predicted octanol–water partition coefficient (Wildman–Crippen LogP) is 0.421. The van der Waals surface area contributed by atoms with E-state index in [-0.39, 0.29) is 17.7 Å². The van der Waals surface area contributed by atoms with E-state index in [1.165, 1.54) is 16.8 Å². The first-order chi connectivity index (χ1) is 9.86. The highest BCUT2D eigenvalue weighted by atomic mass is 16.4. The maximum atomic E-state index is 11.0. The summed E-state index contributed by atoms with van der Waals surface area (Å²) in [6, 6.07) is 3.62. The topological polar surface area (TPSA) is 143 Å². The van der Waals surface area contributed by atoms with Crippen LogP contribution in [0, 0.1) is 0 Å². The maximum Gasteiger partial charge on any atom is 0.375 e. The average molecular weight is 291 g/mol. The Morgan fingerprint density at radius 2 is 1.52 bits per heavy atom. The summed E-state index contributed by atoms with van der Waals surface area (Å²) >= 11 is 0. The highest BCUT2D eigenvalue weighted by Crippen LogP contribution is 2.12. The van der Waals surface area contributed by atoms with E-state index in [2.05, 4.69) is 10.1 Å². The van der Waals surface area contributed by atoms with Gasteiger partial charge in [0, 0.05) is 0 Å². The van der Waals surface area contributed by atoms with E-state index in [0.717, 1.165) is 12.4 Å². The van der Waals surface area contributed by atoms with Crippen LogP contribution in [-0.4, -0.2) is 48.0 Å². The van der Waals surface area contributed by atoms with E-state index in [1.54, 1.807) is 0 Å². The molecular weight excluding hydrogens is 282 g/mol. The second kappa shape index (κ2) is 5.41. The van der Waals surface area contributed by atoms with Gasteiger partial charge in [-0.25, -0.2) is 24.0 Å². The number of hydrogen-bond donors (Lipinski definition) is 3. The molecule has 2 aromatic rings. The number of rotatable bonds is 5. The fraction of sp³-hybridized carbons (Fsp3) is 0.0833. The molecule has 0 bridgehead atoms. The maximum absolute atomic E-state index is 11.0. The first kappa shape index (κ1) is 14.2. The molecule has 1 heterocycles. The molecule has 1 aromatic carbocycles. The molecule has 0 aliphatic rings. The van der Waals surface area contributed by atoms with Crippen molar-refractivity contribution in [1.29, 1.82) is 0 Å². The minimum Gasteiger partial charge on any atom is -0.478 e. The molecule has 2 rings (SSSR count). The lowest BCUT2D eigenvalue weighted by atomic mass is 10.1. The Balaban J connectivity index is 2.35. The van der Waals surface area contributed by atoms with Gasteiger partial charge in [0.25, 0.3) is 5.82 Å². The van der Waals surface area contributed by atoms with Gasteiger partial charge < -0.3 is 15.3 Å². The molecule has 3 N–H and O–H groups in total. The largest absolute Gasteiger partial charge is 0.478 e. The zero-order valence-electron chi connectivity index (χ0n) is 10.4. The van der Waals surface area contributed by atoms with Crippen LogP contribution < -0.4 is 0 Å². The molecule has 9 nitrogen and oxygen atoms in total. The molecule has 0 radical (unpaired) electrons. The molecule has 108 valence electrons. The van der Waals surface area contributed by atoms with Crippen molar-refractivity contribution in [3.8, 4) is 0 Å². The molecule has 21 heavy (non-hydrogen) atoms. The van der Waals surface area contributed by atoms with Crippen molar-refractivity contribution in [2.45, 2.75) is 6.54 Å². The third-order valence-corrected chi connectivity index (χ3v) is 2.56. The van der Waals surface area contributed by atoms with Gasteiger partial charge in [0.05, 0.1) is 17.7 Å². The van der Waals surface area contributed by atoms with Crippen molar-refractivity contribution < 1.29 is 29.7 Å². The minimum atomic E-state index is -1.29. The van der Waals surface area contributed by atoms with E-state index >= 15 is 0 Å². The summed E-state index contributed by atoms with van der Waals surface area (Å²) in [5.74, 6) is -4.21. The normalized spacial score (nSPS) is 10.3. The number of carbonyl (C=O) groups is 3. The fourth-order valence-corrected chi connectivity index (χ4v) is 1.69. The van der Waals surface area contributed by atoms with E-state index in [1.807, 2.05) is 0 Å². The number of carboxylic acids is 3. The summed E-state index contributed by atoms with van der Waals surface area (Å²) in [7, 11) is 0. The minimum absolute atomic E-state index is 0.00167. The standard InChI is InChI=1S/C12H9N3O6/c16-10(17)7-1-6(2-8(3-7)11(18)19)4-15-5-13-9(14-15)12(20)21/h1-3,5H,4H2,(H,16,17)(H,18,19)(H,20,21). The lowest BCUT2D eigenvalue weighted by Gasteiger charge is -2.05. The zero-order chi connectivity index (χ0) is 15.6. The van der Waals surface area contributed by atoms with Gasteiger partial charge in [-0.15, -0.1) is 5.10 Å². The molecule has 0 saturated heterocycles. The van der Waals surface area contributed by atoms with Crippen LogP contribution in [0.5, 0.6) is 0 Å². The van der Waals surface area contributed by atoms with Gasteiger partial charge in [-0.05, 0) is 23.8 Å². The third-order valence-electron chi connectivity index (χ3n) is 2.56. The van der Waals surface area contributed by atoms with Gasteiger partial charge in [-0.2, -0.15) is 0 Å². The first-order valence-electron chi connectivity index (χ1n) is 5.60. The van der Waals surface area contributed by atoms with Crippen molar-refractivity contribution in [1.82, 2.24) is 14.8 Å². The van der Waals surface area contributed by atoms with E-state index in [4.69, 9.17) is 15.3 Å². The van der Waals surface area contributed by atoms with Crippen LogP contribution in [0.2, 0.25) is 0 Å². The SMILES string of the molecule is O=C(O)c1cc(Cn2cnc(C(=O)O)n2)cc(C(=O)O)c1. The third kappa shape index (κ3) is 3.21. The van der Waals surface area contributed by atoms with E-state index in [0.29, 0.717) is 5.56 Å². The number of nitrogens with zero attached hydrogens (tertiary/aromatic N) is 3. The van der Waals surface area contributed by atoms with Crippen molar-refractivity contribution in [2.24, 2.45) is 0 Å². The van der Waals surface area contributed by atoms with Gasteiger partial charge in [0.15, 0.2) is 0 Å². The van der Waals surface area contributed by atoms with Gasteiger partial charge >= 0.3 is 17.9 Å². The van der Waals surface area contributed by atoms with Crippen LogP contribution in [-0.2, 0) is 6.54 Å². The summed E-state index contributed by atoms with van der Waals surface area (Å²) in [6.45, 7) is 0.00167. The zero-order valence-corrected chi connectivity index (χ0v) is 10.4. The molecule has 1 aromatic heterocycles. The number of aromatic carboxylic acids is 3. The molecule has 0 atom stereocenters. The van der Waals surface area contributed by atoms with E-state index < -0.39 is 23.7 Å². The Bertz CT molecular complexity index is 704. The van der Waals surface area contributed by atoms with Crippen molar-refractivity contribution in [2.75, 3.05) is 0 Å². The summed E-state index contributed by atoms with van der Waals surface area (Å²) in [4.78, 5) is 36.1. The summed E-state index contributed by atoms with van der Waals surface area (Å²) < 4.78 is 1.18. The van der Waals surface area contributed by atoms with Crippen molar-refractivity contribution in [3.63, 3.8) is 0 Å². The number of hydrogen-bond acceptors (Lipinski definition) is 5. The van der Waals surface area contributed by atoms with Crippen LogP contribution in [0.15, 0.2) is 24.5 Å². The quantitative estimate of drug-likeness (QED) is 0.719. The average Bonchev–Trinajstić information content (AvgIpc) is 2.87. The lowest BCUT2D eigenvalue weighted by Crippen LogP contribution is -2.08. The van der Waals surface area contributed by atoms with Gasteiger partial charge in [0.2, 0.25) is 0 Å². The smallest absolute Gasteiger partial charge is 0.375 e. The summed E-state index contributed by atoms with van der Waals surface area (Å²) in [5.41, 5.74) is 0.00101. The first-order valence-corrected chi connectivity index (χ1v) is 5.60. The molecule has 9 heteroatoms. The highest BCUT2D eigenvalue weighted by molar-refractivity contribution is 5.94. The Morgan fingerprint density at radius 1 is 0.952 bits per heavy atom. The molecule has 0 unspecified atom stereocenters. The summed E-state index contributed by atoms with van der Waals surface area (Å²) in [5, 5.41) is 30.3. The monoisotopic (exact) mass is 291 g/mol. The van der Waals surface area contributed by atoms with Crippen molar-refractivity contribution in [3.05, 3.63) is 47.0 Å². The van der Waals surface area contributed by atoms with Gasteiger partial charge in [-0.1, -0.05) is 0 Å².